The molecule has 0 bridgehead atoms. The van der Waals surface area contributed by atoms with Crippen LogP contribution in [0, 0.1) is 0 Å². The Morgan fingerprint density at radius 1 is 1.19 bits per heavy atom. The molecular formula is C22H26N4O4S. The molecule has 0 saturated carbocycles. The minimum Gasteiger partial charge on any atom is -0.497 e. The highest BCUT2D eigenvalue weighted by atomic mass is 32.2. The fourth-order valence-corrected chi connectivity index (χ4v) is 3.67. The summed E-state index contributed by atoms with van der Waals surface area (Å²) in [5.74, 6) is 0.898. The summed E-state index contributed by atoms with van der Waals surface area (Å²) in [5.41, 5.74) is 2.09. The number of carbonyl (C=O) groups is 3. The maximum Gasteiger partial charge on any atom is 0.323 e. The molecule has 8 nitrogen and oxygen atoms in total. The van der Waals surface area contributed by atoms with Gasteiger partial charge in [-0.25, -0.2) is 4.79 Å². The van der Waals surface area contributed by atoms with E-state index in [0.717, 1.165) is 11.3 Å². The van der Waals surface area contributed by atoms with Gasteiger partial charge in [-0.2, -0.15) is 11.8 Å². The van der Waals surface area contributed by atoms with Gasteiger partial charge in [0.25, 0.3) is 0 Å². The third-order valence-corrected chi connectivity index (χ3v) is 5.51. The van der Waals surface area contributed by atoms with Gasteiger partial charge in [0.05, 0.1) is 18.5 Å². The van der Waals surface area contributed by atoms with Crippen LogP contribution in [0.2, 0.25) is 0 Å². The predicted octanol–water partition coefficient (Wildman–Crippen LogP) is 2.60. The van der Waals surface area contributed by atoms with Crippen molar-refractivity contribution in [3.05, 3.63) is 54.1 Å². The summed E-state index contributed by atoms with van der Waals surface area (Å²) in [5, 5.41) is 8.43. The van der Waals surface area contributed by atoms with Crippen LogP contribution in [-0.4, -0.2) is 49.6 Å². The van der Waals surface area contributed by atoms with Crippen LogP contribution in [0.3, 0.4) is 0 Å². The average Bonchev–Trinajstić information content (AvgIpc) is 2.79. The minimum atomic E-state index is -0.713. The molecule has 0 aromatic heterocycles. The van der Waals surface area contributed by atoms with Crippen LogP contribution in [0.1, 0.15) is 12.0 Å². The third kappa shape index (κ3) is 5.91. The van der Waals surface area contributed by atoms with E-state index in [9.17, 15) is 14.4 Å². The van der Waals surface area contributed by atoms with E-state index in [1.54, 1.807) is 43.1 Å². The number of nitrogens with zero attached hydrogens (tertiary/aromatic N) is 1. The zero-order valence-corrected chi connectivity index (χ0v) is 18.3. The molecule has 3 N–H and O–H groups in total. The molecule has 31 heavy (non-hydrogen) atoms. The number of carbonyl (C=O) groups excluding carboxylic acids is 3. The van der Waals surface area contributed by atoms with Gasteiger partial charge in [-0.15, -0.1) is 0 Å². The predicted molar refractivity (Wildman–Crippen MR) is 123 cm³/mol. The second kappa shape index (κ2) is 10.7. The molecule has 1 aliphatic heterocycles. The van der Waals surface area contributed by atoms with E-state index >= 15 is 0 Å². The van der Waals surface area contributed by atoms with Crippen LogP contribution in [0.4, 0.5) is 16.2 Å². The topological polar surface area (TPSA) is 99.8 Å². The van der Waals surface area contributed by atoms with Gasteiger partial charge in [0.1, 0.15) is 18.3 Å². The first-order valence-corrected chi connectivity index (χ1v) is 11.3. The number of ether oxygens (including phenoxy) is 1. The number of fused-ring (bicyclic) bond motifs is 1. The number of amides is 4. The fraction of sp³-hybridized carbons (Fsp3) is 0.318. The first kappa shape index (κ1) is 22.5. The second-order valence-electron chi connectivity index (χ2n) is 7.00. The molecule has 1 atom stereocenters. The van der Waals surface area contributed by atoms with Gasteiger partial charge >= 0.3 is 6.03 Å². The summed E-state index contributed by atoms with van der Waals surface area (Å²) in [6.45, 7) is 0.231. The first-order chi connectivity index (χ1) is 15.0. The SMILES string of the molecule is COc1ccc(CNC(=O)[C@@H](CCSC)NC(=O)N2CC(=O)Nc3ccccc32)cc1. The van der Waals surface area contributed by atoms with Crippen molar-refractivity contribution in [3.63, 3.8) is 0 Å². The molecule has 0 saturated heterocycles. The molecular weight excluding hydrogens is 416 g/mol. The maximum absolute atomic E-state index is 13.0. The van der Waals surface area contributed by atoms with Crippen LogP contribution in [0.5, 0.6) is 5.75 Å². The molecule has 0 spiro atoms. The lowest BCUT2D eigenvalue weighted by molar-refractivity contribution is -0.123. The molecule has 0 aliphatic carbocycles. The average molecular weight is 443 g/mol. The number of hydrogen-bond acceptors (Lipinski definition) is 5. The molecule has 2 aromatic carbocycles. The Morgan fingerprint density at radius 3 is 2.65 bits per heavy atom. The Bertz CT molecular complexity index is 935. The van der Waals surface area contributed by atoms with E-state index in [1.807, 2.05) is 30.5 Å². The largest absolute Gasteiger partial charge is 0.497 e. The molecule has 1 aliphatic rings. The van der Waals surface area contributed by atoms with E-state index in [1.165, 1.54) is 4.90 Å². The van der Waals surface area contributed by atoms with Crippen molar-refractivity contribution < 1.29 is 19.1 Å². The standard InChI is InChI=1S/C22H26N4O4S/c1-30-16-9-7-15(8-10-16)13-23-21(28)18(11-12-31-2)25-22(29)26-14-20(27)24-17-5-3-4-6-19(17)26/h3-10,18H,11-14H2,1-2H3,(H,23,28)(H,24,27)(H,25,29)/t18-/m1/s1. The number of nitrogens with one attached hydrogen (secondary N) is 3. The number of urea groups is 1. The van der Waals surface area contributed by atoms with Crippen molar-refractivity contribution in [1.82, 2.24) is 10.6 Å². The number of anilines is 2. The summed E-state index contributed by atoms with van der Waals surface area (Å²) in [6.07, 6.45) is 2.42. The summed E-state index contributed by atoms with van der Waals surface area (Å²) >= 11 is 1.59. The number of hydrogen-bond donors (Lipinski definition) is 3. The van der Waals surface area contributed by atoms with Gasteiger partial charge in [0, 0.05) is 6.54 Å². The third-order valence-electron chi connectivity index (χ3n) is 4.87. The number of para-hydroxylation sites is 2. The normalized spacial score (nSPS) is 13.6. The van der Waals surface area contributed by atoms with E-state index in [2.05, 4.69) is 16.0 Å². The van der Waals surface area contributed by atoms with Crippen LogP contribution in [-0.2, 0) is 16.1 Å². The summed E-state index contributed by atoms with van der Waals surface area (Å²) in [6, 6.07) is 13.3. The van der Waals surface area contributed by atoms with Crippen molar-refractivity contribution in [2.75, 3.05) is 35.9 Å². The van der Waals surface area contributed by atoms with Gasteiger partial charge < -0.3 is 20.7 Å². The van der Waals surface area contributed by atoms with Crippen molar-refractivity contribution in [1.29, 1.82) is 0 Å². The quantitative estimate of drug-likeness (QED) is 0.584. The summed E-state index contributed by atoms with van der Waals surface area (Å²) in [7, 11) is 1.60. The number of rotatable bonds is 8. The first-order valence-electron chi connectivity index (χ1n) is 9.88. The molecule has 0 fully saturated rings. The Labute approximate surface area is 185 Å². The zero-order valence-electron chi connectivity index (χ0n) is 17.5. The summed E-state index contributed by atoms with van der Waals surface area (Å²) < 4.78 is 5.14. The number of methoxy groups -OCH3 is 1. The lowest BCUT2D eigenvalue weighted by atomic mass is 10.1. The highest BCUT2D eigenvalue weighted by Gasteiger charge is 2.29. The second-order valence-corrected chi connectivity index (χ2v) is 7.99. The smallest absolute Gasteiger partial charge is 0.323 e. The van der Waals surface area contributed by atoms with Crippen LogP contribution < -0.4 is 25.6 Å². The number of benzene rings is 2. The molecule has 4 amide bonds. The highest BCUT2D eigenvalue weighted by molar-refractivity contribution is 7.98. The lowest BCUT2D eigenvalue weighted by Crippen LogP contribution is -2.54. The molecule has 1 heterocycles. The van der Waals surface area contributed by atoms with Gasteiger partial charge in [-0.3, -0.25) is 14.5 Å². The molecule has 0 radical (unpaired) electrons. The minimum absolute atomic E-state index is 0.106. The fourth-order valence-electron chi connectivity index (χ4n) is 3.20. The van der Waals surface area contributed by atoms with Crippen LogP contribution in [0.25, 0.3) is 0 Å². The molecule has 3 rings (SSSR count). The lowest BCUT2D eigenvalue weighted by Gasteiger charge is -2.30. The monoisotopic (exact) mass is 442 g/mol. The van der Waals surface area contributed by atoms with Crippen LogP contribution in [0.15, 0.2) is 48.5 Å². The van der Waals surface area contributed by atoms with Crippen molar-refractivity contribution in [2.45, 2.75) is 19.0 Å². The Morgan fingerprint density at radius 2 is 1.94 bits per heavy atom. The van der Waals surface area contributed by atoms with Crippen LogP contribution >= 0.6 is 11.8 Å². The van der Waals surface area contributed by atoms with E-state index in [4.69, 9.17) is 4.74 Å². The Hall–Kier alpha value is -3.20. The zero-order chi connectivity index (χ0) is 22.2. The van der Waals surface area contributed by atoms with Gasteiger partial charge in [0.2, 0.25) is 11.8 Å². The molecule has 164 valence electrons. The maximum atomic E-state index is 13.0. The molecule has 2 aromatic rings. The molecule has 0 unspecified atom stereocenters. The van der Waals surface area contributed by atoms with Gasteiger partial charge in [-0.05, 0) is 48.3 Å². The van der Waals surface area contributed by atoms with E-state index in [-0.39, 0.29) is 18.4 Å². The van der Waals surface area contributed by atoms with E-state index in [0.29, 0.717) is 30.1 Å². The van der Waals surface area contributed by atoms with Crippen molar-refractivity contribution in [2.24, 2.45) is 0 Å². The summed E-state index contributed by atoms with van der Waals surface area (Å²) in [4.78, 5) is 39.2. The number of thioether (sulfide) groups is 1. The highest BCUT2D eigenvalue weighted by Crippen LogP contribution is 2.28. The van der Waals surface area contributed by atoms with Gasteiger partial charge in [-0.1, -0.05) is 24.3 Å². The Kier molecular flexibility index (Phi) is 7.77. The van der Waals surface area contributed by atoms with E-state index < -0.39 is 12.1 Å². The van der Waals surface area contributed by atoms with Crippen molar-refractivity contribution in [3.8, 4) is 5.75 Å². The van der Waals surface area contributed by atoms with Gasteiger partial charge in [0.15, 0.2) is 0 Å². The Balaban J connectivity index is 1.66. The molecule has 9 heteroatoms. The van der Waals surface area contributed by atoms with Crippen molar-refractivity contribution >= 4 is 41.0 Å².